The number of carbonyl (C=O) groups excluding carboxylic acids is 2. The van der Waals surface area contributed by atoms with Gasteiger partial charge in [0.1, 0.15) is 0 Å². The summed E-state index contributed by atoms with van der Waals surface area (Å²) in [4.78, 5) is 24.8. The number of alkyl halides is 3. The normalized spacial score (nSPS) is 20.1. The van der Waals surface area contributed by atoms with Crippen molar-refractivity contribution in [3.05, 3.63) is 23.8 Å². The molecule has 1 aliphatic carbocycles. The van der Waals surface area contributed by atoms with Gasteiger partial charge in [0.2, 0.25) is 11.8 Å². The molecule has 0 radical (unpaired) electrons. The second kappa shape index (κ2) is 9.84. The second-order valence-electron chi connectivity index (χ2n) is 7.34. The minimum Gasteiger partial charge on any atom is -0.378 e. The largest absolute Gasteiger partial charge is 0.416 e. The molecule has 1 heterocycles. The van der Waals surface area contributed by atoms with E-state index in [1.165, 1.54) is 25.3 Å². The lowest BCUT2D eigenvalue weighted by molar-refractivity contribution is -0.137. The smallest absolute Gasteiger partial charge is 0.378 e. The van der Waals surface area contributed by atoms with Gasteiger partial charge in [-0.1, -0.05) is 19.3 Å². The van der Waals surface area contributed by atoms with Crippen molar-refractivity contribution < 1.29 is 27.5 Å². The van der Waals surface area contributed by atoms with E-state index in [0.717, 1.165) is 36.7 Å². The van der Waals surface area contributed by atoms with Crippen LogP contribution in [0.1, 0.15) is 50.5 Å². The summed E-state index contributed by atoms with van der Waals surface area (Å²) in [6.45, 7) is 1.06. The number of nitrogens with one attached hydrogen (secondary N) is 2. The fourth-order valence-corrected chi connectivity index (χ4v) is 4.57. The number of ether oxygens (including phenoxy) is 1. The van der Waals surface area contributed by atoms with Crippen LogP contribution < -0.4 is 10.6 Å². The van der Waals surface area contributed by atoms with E-state index in [1.54, 1.807) is 0 Å². The van der Waals surface area contributed by atoms with Crippen LogP contribution in [0.15, 0.2) is 23.1 Å². The number of halogens is 3. The molecule has 0 saturated heterocycles. The maximum absolute atomic E-state index is 12.8. The molecule has 1 atom stereocenters. The van der Waals surface area contributed by atoms with Crippen molar-refractivity contribution in [1.29, 1.82) is 0 Å². The van der Waals surface area contributed by atoms with Crippen LogP contribution >= 0.6 is 11.8 Å². The summed E-state index contributed by atoms with van der Waals surface area (Å²) in [7, 11) is 0. The summed E-state index contributed by atoms with van der Waals surface area (Å²) >= 11 is 1.11. The average Bonchev–Trinajstić information content (AvgIpc) is 2.68. The lowest BCUT2D eigenvalue weighted by Crippen LogP contribution is -2.35. The van der Waals surface area contributed by atoms with Crippen LogP contribution in [0.3, 0.4) is 0 Å². The molecule has 1 saturated carbocycles. The van der Waals surface area contributed by atoms with Crippen LogP contribution in [0.25, 0.3) is 0 Å². The highest BCUT2D eigenvalue weighted by atomic mass is 32.2. The molecule has 1 unspecified atom stereocenters. The molecule has 0 spiro atoms. The first kappa shape index (κ1) is 22.0. The Morgan fingerprint density at radius 1 is 1.24 bits per heavy atom. The van der Waals surface area contributed by atoms with Crippen LogP contribution in [0, 0.1) is 0 Å². The zero-order valence-electron chi connectivity index (χ0n) is 16.0. The van der Waals surface area contributed by atoms with Gasteiger partial charge in [-0.05, 0) is 37.5 Å². The van der Waals surface area contributed by atoms with E-state index in [-0.39, 0.29) is 18.0 Å². The number of hydrogen-bond acceptors (Lipinski definition) is 4. The Hall–Kier alpha value is -1.74. The Bertz CT molecular complexity index is 736. The molecule has 0 aromatic heterocycles. The topological polar surface area (TPSA) is 67.4 Å². The third-order valence-corrected chi connectivity index (χ3v) is 6.32. The van der Waals surface area contributed by atoms with E-state index in [0.29, 0.717) is 30.6 Å². The van der Waals surface area contributed by atoms with Crippen molar-refractivity contribution in [2.75, 3.05) is 18.5 Å². The number of carbonyl (C=O) groups is 2. The lowest BCUT2D eigenvalue weighted by atomic mass is 9.98. The van der Waals surface area contributed by atoms with Crippen LogP contribution in [0.2, 0.25) is 0 Å². The molecule has 160 valence electrons. The van der Waals surface area contributed by atoms with Gasteiger partial charge in [-0.2, -0.15) is 13.2 Å². The average molecular weight is 430 g/mol. The maximum Gasteiger partial charge on any atom is 0.416 e. The summed E-state index contributed by atoms with van der Waals surface area (Å²) in [6.07, 6.45) is 2.44. The lowest BCUT2D eigenvalue weighted by Gasteiger charge is -2.24. The first-order valence-corrected chi connectivity index (χ1v) is 10.8. The van der Waals surface area contributed by atoms with E-state index in [9.17, 15) is 22.8 Å². The number of hydrogen-bond donors (Lipinski definition) is 2. The number of thioether (sulfide) groups is 1. The van der Waals surface area contributed by atoms with Gasteiger partial charge in [-0.3, -0.25) is 9.59 Å². The van der Waals surface area contributed by atoms with E-state index in [4.69, 9.17) is 4.74 Å². The second-order valence-corrected chi connectivity index (χ2v) is 8.59. The maximum atomic E-state index is 12.8. The Balaban J connectivity index is 1.41. The monoisotopic (exact) mass is 430 g/mol. The Morgan fingerprint density at radius 2 is 2.00 bits per heavy atom. The van der Waals surface area contributed by atoms with Crippen molar-refractivity contribution in [2.24, 2.45) is 0 Å². The molecule has 2 amide bonds. The Morgan fingerprint density at radius 3 is 2.72 bits per heavy atom. The fraction of sp³-hybridized carbons (Fsp3) is 0.600. The highest BCUT2D eigenvalue weighted by Gasteiger charge is 2.34. The molecule has 3 rings (SSSR count). The Labute approximate surface area is 172 Å². The van der Waals surface area contributed by atoms with Crippen molar-refractivity contribution in [3.63, 3.8) is 0 Å². The molecule has 2 N–H and O–H groups in total. The van der Waals surface area contributed by atoms with Crippen LogP contribution in [0.4, 0.5) is 18.9 Å². The minimum absolute atomic E-state index is 0.0273. The standard InChI is InChI=1S/C20H25F3N2O3S/c21-20(22,23)13-7-8-16-15(11-13)25-19(27)17(29-16)12-18(26)24-9-4-10-28-14-5-2-1-3-6-14/h7-8,11,14,17H,1-6,9-10,12H2,(H,24,26)(H,25,27). The number of rotatable bonds is 7. The van der Waals surface area contributed by atoms with Crippen molar-refractivity contribution in [2.45, 2.75) is 67.4 Å². The molecule has 1 aromatic carbocycles. The summed E-state index contributed by atoms with van der Waals surface area (Å²) in [5.41, 5.74) is -0.685. The molecular formula is C20H25F3N2O3S. The predicted octanol–water partition coefficient (Wildman–Crippen LogP) is 4.36. The predicted molar refractivity (Wildman–Crippen MR) is 105 cm³/mol. The zero-order valence-corrected chi connectivity index (χ0v) is 16.8. The van der Waals surface area contributed by atoms with Crippen molar-refractivity contribution in [3.8, 4) is 0 Å². The van der Waals surface area contributed by atoms with Crippen molar-refractivity contribution in [1.82, 2.24) is 5.32 Å². The third kappa shape index (κ3) is 6.37. The number of amides is 2. The fourth-order valence-electron chi connectivity index (χ4n) is 3.48. The van der Waals surface area contributed by atoms with E-state index in [1.807, 2.05) is 0 Å². The molecule has 1 aromatic rings. The summed E-state index contributed by atoms with van der Waals surface area (Å²) in [6, 6.07) is 3.23. The highest BCUT2D eigenvalue weighted by molar-refractivity contribution is 8.01. The van der Waals surface area contributed by atoms with E-state index >= 15 is 0 Å². The molecule has 0 bridgehead atoms. The van der Waals surface area contributed by atoms with Crippen LogP contribution in [-0.2, 0) is 20.5 Å². The quantitative estimate of drug-likeness (QED) is 0.631. The summed E-state index contributed by atoms with van der Waals surface area (Å²) in [5, 5.41) is 4.59. The molecule has 9 heteroatoms. The van der Waals surface area contributed by atoms with Gasteiger partial charge in [-0.15, -0.1) is 11.8 Å². The van der Waals surface area contributed by atoms with Gasteiger partial charge in [0.15, 0.2) is 0 Å². The molecule has 5 nitrogen and oxygen atoms in total. The molecule has 1 aliphatic heterocycles. The molecular weight excluding hydrogens is 405 g/mol. The minimum atomic E-state index is -4.47. The van der Waals surface area contributed by atoms with Crippen LogP contribution in [-0.4, -0.2) is 36.3 Å². The van der Waals surface area contributed by atoms with Gasteiger partial charge < -0.3 is 15.4 Å². The summed E-state index contributed by atoms with van der Waals surface area (Å²) < 4.78 is 44.2. The number of fused-ring (bicyclic) bond motifs is 1. The van der Waals surface area contributed by atoms with Crippen LogP contribution in [0.5, 0.6) is 0 Å². The van der Waals surface area contributed by atoms with Gasteiger partial charge in [-0.25, -0.2) is 0 Å². The first-order valence-electron chi connectivity index (χ1n) is 9.90. The zero-order chi connectivity index (χ0) is 20.9. The van der Waals surface area contributed by atoms with E-state index < -0.39 is 22.9 Å². The third-order valence-electron chi connectivity index (χ3n) is 5.05. The van der Waals surface area contributed by atoms with Gasteiger partial charge in [0.25, 0.3) is 0 Å². The van der Waals surface area contributed by atoms with Gasteiger partial charge in [0.05, 0.1) is 22.6 Å². The number of anilines is 1. The van der Waals surface area contributed by atoms with Gasteiger partial charge in [0, 0.05) is 24.5 Å². The molecule has 2 aliphatic rings. The molecule has 1 fully saturated rings. The highest BCUT2D eigenvalue weighted by Crippen LogP contribution is 2.40. The van der Waals surface area contributed by atoms with E-state index in [2.05, 4.69) is 10.6 Å². The first-order chi connectivity index (χ1) is 13.8. The summed E-state index contributed by atoms with van der Waals surface area (Å²) in [5.74, 6) is -0.719. The Kier molecular flexibility index (Phi) is 7.45. The molecule has 29 heavy (non-hydrogen) atoms. The number of benzene rings is 1. The van der Waals surface area contributed by atoms with Gasteiger partial charge >= 0.3 is 6.18 Å². The van der Waals surface area contributed by atoms with Crippen molar-refractivity contribution >= 4 is 29.3 Å². The SMILES string of the molecule is O=C(CC1Sc2ccc(C(F)(F)F)cc2NC1=O)NCCCOC1CCCCC1.